The highest BCUT2D eigenvalue weighted by Gasteiger charge is 2.04. The fourth-order valence-corrected chi connectivity index (χ4v) is 2.23. The number of carbonyl (C=O) groups is 1. The van der Waals surface area contributed by atoms with Crippen LogP contribution in [0.1, 0.15) is 15.9 Å². The molecule has 0 fully saturated rings. The van der Waals surface area contributed by atoms with Crippen LogP contribution >= 0.6 is 31.9 Å². The molecule has 2 aromatic rings. The summed E-state index contributed by atoms with van der Waals surface area (Å²) in [6, 6.07) is 11.5. The van der Waals surface area contributed by atoms with Gasteiger partial charge in [-0.3, -0.25) is 9.78 Å². The first-order chi connectivity index (χ1) is 10.1. The number of rotatable bonds is 4. The van der Waals surface area contributed by atoms with Gasteiger partial charge in [-0.15, -0.1) is 0 Å². The maximum Gasteiger partial charge on any atom is 0.272 e. The highest BCUT2D eigenvalue weighted by molar-refractivity contribution is 9.12. The van der Waals surface area contributed by atoms with E-state index in [0.29, 0.717) is 5.56 Å². The Kier molecular flexibility index (Phi) is 5.83. The monoisotopic (exact) mass is 407 g/mol. The van der Waals surface area contributed by atoms with Crippen molar-refractivity contribution in [2.24, 2.45) is 5.10 Å². The van der Waals surface area contributed by atoms with Gasteiger partial charge < -0.3 is 0 Å². The van der Waals surface area contributed by atoms with E-state index in [1.807, 2.05) is 36.4 Å². The molecule has 0 bridgehead atoms. The number of benzene rings is 1. The highest BCUT2D eigenvalue weighted by Crippen LogP contribution is 2.10. The first-order valence-corrected chi connectivity index (χ1v) is 7.60. The zero-order valence-corrected chi connectivity index (χ0v) is 14.0. The van der Waals surface area contributed by atoms with Crippen molar-refractivity contribution in [2.75, 3.05) is 0 Å². The van der Waals surface area contributed by atoms with Crippen molar-refractivity contribution >= 4 is 50.1 Å². The molecular formula is C15H11Br2N3O. The second-order valence-corrected chi connectivity index (χ2v) is 5.86. The Morgan fingerprint density at radius 2 is 2.00 bits per heavy atom. The first kappa shape index (κ1) is 15.6. The predicted molar refractivity (Wildman–Crippen MR) is 91.2 cm³/mol. The number of halogens is 2. The maximum atomic E-state index is 11.8. The Morgan fingerprint density at radius 3 is 2.71 bits per heavy atom. The van der Waals surface area contributed by atoms with Crippen LogP contribution in [0, 0.1) is 0 Å². The number of hydrazone groups is 1. The quantitative estimate of drug-likeness (QED) is 0.614. The molecule has 0 unspecified atom stereocenters. The van der Waals surface area contributed by atoms with Gasteiger partial charge in [0.1, 0.15) is 0 Å². The summed E-state index contributed by atoms with van der Waals surface area (Å²) in [5, 5.41) is 3.89. The minimum absolute atomic E-state index is 0.319. The van der Waals surface area contributed by atoms with E-state index in [1.54, 1.807) is 12.3 Å². The van der Waals surface area contributed by atoms with Gasteiger partial charge in [-0.2, -0.15) is 5.10 Å². The normalized spacial score (nSPS) is 11.6. The average Bonchev–Trinajstić information content (AvgIpc) is 2.48. The van der Waals surface area contributed by atoms with E-state index in [4.69, 9.17) is 0 Å². The summed E-state index contributed by atoms with van der Waals surface area (Å²) in [6.07, 6.45) is 6.51. The smallest absolute Gasteiger partial charge is 0.267 e. The van der Waals surface area contributed by atoms with Crippen molar-refractivity contribution in [1.29, 1.82) is 0 Å². The van der Waals surface area contributed by atoms with E-state index in [2.05, 4.69) is 47.4 Å². The van der Waals surface area contributed by atoms with E-state index < -0.39 is 0 Å². The van der Waals surface area contributed by atoms with Gasteiger partial charge in [-0.25, -0.2) is 5.43 Å². The zero-order chi connectivity index (χ0) is 15.1. The molecule has 0 aliphatic carbocycles. The van der Waals surface area contributed by atoms with Crippen LogP contribution in [0.5, 0.6) is 0 Å². The lowest BCUT2D eigenvalue weighted by molar-refractivity contribution is 0.0954. The van der Waals surface area contributed by atoms with Crippen molar-refractivity contribution in [3.63, 3.8) is 0 Å². The minimum atomic E-state index is -0.319. The summed E-state index contributed by atoms with van der Waals surface area (Å²) in [4.78, 5) is 15.7. The highest BCUT2D eigenvalue weighted by atomic mass is 79.9. The molecule has 0 saturated heterocycles. The summed E-state index contributed by atoms with van der Waals surface area (Å²) in [6.45, 7) is 0. The molecule has 1 N–H and O–H groups in total. The lowest BCUT2D eigenvalue weighted by Crippen LogP contribution is -2.17. The van der Waals surface area contributed by atoms with E-state index in [0.717, 1.165) is 14.5 Å². The molecular weight excluding hydrogens is 398 g/mol. The SMILES string of the molecule is O=C(NN=CC(Br)=Cc1ccccc1)c1cncc(Br)c1. The summed E-state index contributed by atoms with van der Waals surface area (Å²) < 4.78 is 1.49. The van der Waals surface area contributed by atoms with Crippen LogP contribution in [0.2, 0.25) is 0 Å². The molecule has 1 amide bonds. The topological polar surface area (TPSA) is 54.4 Å². The first-order valence-electron chi connectivity index (χ1n) is 6.01. The number of pyridine rings is 1. The van der Waals surface area contributed by atoms with Crippen LogP contribution in [0.3, 0.4) is 0 Å². The Balaban J connectivity index is 1.96. The standard InChI is InChI=1S/C15H11Br2N3O/c16-13(6-11-4-2-1-3-5-11)10-19-20-15(21)12-7-14(17)9-18-8-12/h1-10H,(H,20,21). The fourth-order valence-electron chi connectivity index (χ4n) is 1.50. The Bertz CT molecular complexity index is 684. The largest absolute Gasteiger partial charge is 0.272 e. The molecule has 1 aromatic heterocycles. The molecule has 0 atom stereocenters. The number of carbonyl (C=O) groups excluding carboxylic acids is 1. The van der Waals surface area contributed by atoms with E-state index in [1.165, 1.54) is 12.4 Å². The molecule has 0 aliphatic rings. The van der Waals surface area contributed by atoms with Gasteiger partial charge >= 0.3 is 0 Å². The third-order valence-electron chi connectivity index (χ3n) is 2.43. The van der Waals surface area contributed by atoms with Gasteiger partial charge in [0.05, 0.1) is 11.8 Å². The zero-order valence-electron chi connectivity index (χ0n) is 10.8. The predicted octanol–water partition coefficient (Wildman–Crippen LogP) is 4.00. The lowest BCUT2D eigenvalue weighted by atomic mass is 10.2. The van der Waals surface area contributed by atoms with Crippen molar-refractivity contribution in [3.8, 4) is 0 Å². The molecule has 6 heteroatoms. The van der Waals surface area contributed by atoms with Gasteiger partial charge in [-0.1, -0.05) is 30.3 Å². The summed E-state index contributed by atoms with van der Waals surface area (Å²) in [7, 11) is 0. The van der Waals surface area contributed by atoms with Crippen LogP contribution in [0.15, 0.2) is 62.8 Å². The van der Waals surface area contributed by atoms with Crippen LogP contribution in [0.25, 0.3) is 6.08 Å². The second kappa shape index (κ2) is 7.85. The summed E-state index contributed by atoms with van der Waals surface area (Å²) in [5.74, 6) is -0.319. The van der Waals surface area contributed by atoms with Crippen LogP contribution in [-0.4, -0.2) is 17.1 Å². The van der Waals surface area contributed by atoms with Crippen molar-refractivity contribution < 1.29 is 4.79 Å². The van der Waals surface area contributed by atoms with Gasteiger partial charge in [-0.05, 0) is 49.6 Å². The van der Waals surface area contributed by atoms with Gasteiger partial charge in [0.15, 0.2) is 0 Å². The molecule has 0 spiro atoms. The van der Waals surface area contributed by atoms with E-state index >= 15 is 0 Å². The molecule has 0 radical (unpaired) electrons. The average molecular weight is 409 g/mol. The van der Waals surface area contributed by atoms with Crippen LogP contribution < -0.4 is 5.43 Å². The molecule has 1 aromatic carbocycles. The molecule has 4 nitrogen and oxygen atoms in total. The molecule has 0 aliphatic heterocycles. The number of hydrogen-bond donors (Lipinski definition) is 1. The Hall–Kier alpha value is -1.79. The maximum absolute atomic E-state index is 11.8. The molecule has 106 valence electrons. The number of amides is 1. The second-order valence-electron chi connectivity index (χ2n) is 4.03. The lowest BCUT2D eigenvalue weighted by Gasteiger charge is -1.99. The van der Waals surface area contributed by atoms with Crippen molar-refractivity contribution in [3.05, 3.63) is 68.9 Å². The molecule has 0 saturated carbocycles. The molecule has 21 heavy (non-hydrogen) atoms. The Labute approximate surface area is 139 Å². The third-order valence-corrected chi connectivity index (χ3v) is 3.29. The number of nitrogens with zero attached hydrogens (tertiary/aromatic N) is 2. The number of nitrogens with one attached hydrogen (secondary N) is 1. The van der Waals surface area contributed by atoms with Crippen molar-refractivity contribution in [2.45, 2.75) is 0 Å². The van der Waals surface area contributed by atoms with Crippen molar-refractivity contribution in [1.82, 2.24) is 10.4 Å². The number of aromatic nitrogens is 1. The molecule has 2 rings (SSSR count). The molecule has 1 heterocycles. The Morgan fingerprint density at radius 1 is 1.24 bits per heavy atom. The fraction of sp³-hybridized carbons (Fsp3) is 0. The van der Waals surface area contributed by atoms with E-state index in [9.17, 15) is 4.79 Å². The number of allylic oxidation sites excluding steroid dienone is 1. The summed E-state index contributed by atoms with van der Waals surface area (Å²) in [5.41, 5.74) is 3.92. The van der Waals surface area contributed by atoms with Gasteiger partial charge in [0.25, 0.3) is 5.91 Å². The number of hydrogen-bond acceptors (Lipinski definition) is 3. The van der Waals surface area contributed by atoms with Gasteiger partial charge in [0.2, 0.25) is 0 Å². The van der Waals surface area contributed by atoms with Crippen LogP contribution in [-0.2, 0) is 0 Å². The van der Waals surface area contributed by atoms with Gasteiger partial charge in [0, 0.05) is 21.3 Å². The summed E-state index contributed by atoms with van der Waals surface area (Å²) >= 11 is 6.63. The van der Waals surface area contributed by atoms with Crippen LogP contribution in [0.4, 0.5) is 0 Å². The third kappa shape index (κ3) is 5.24. The van der Waals surface area contributed by atoms with E-state index in [-0.39, 0.29) is 5.91 Å². The minimum Gasteiger partial charge on any atom is -0.267 e.